The number of rotatable bonds is 2. The van der Waals surface area contributed by atoms with Gasteiger partial charge in [-0.05, 0) is 19.1 Å². The lowest BCUT2D eigenvalue weighted by atomic mass is 10.1. The second kappa shape index (κ2) is 6.28. The maximum absolute atomic E-state index is 13.7. The Bertz CT molecular complexity index is 730. The molecule has 1 aliphatic heterocycles. The number of amides is 1. The molecule has 1 fully saturated rings. The van der Waals surface area contributed by atoms with Crippen molar-refractivity contribution in [2.75, 3.05) is 31.1 Å². The summed E-state index contributed by atoms with van der Waals surface area (Å²) in [6, 6.07) is 3.01. The molecule has 3 rings (SSSR count). The standard InChI is InChI=1S/C16H16F2N4O/c1-11-9-19-10-15(20-11)21-4-6-22(7-5-21)16(23)13-3-2-12(17)8-14(13)18/h2-3,8-10H,4-7H2,1H3. The van der Waals surface area contributed by atoms with Gasteiger partial charge in [0.05, 0.1) is 17.5 Å². The van der Waals surface area contributed by atoms with Gasteiger partial charge >= 0.3 is 0 Å². The molecule has 0 radical (unpaired) electrons. The molecule has 120 valence electrons. The number of anilines is 1. The van der Waals surface area contributed by atoms with Crippen molar-refractivity contribution in [1.29, 1.82) is 0 Å². The Hall–Kier alpha value is -2.57. The summed E-state index contributed by atoms with van der Waals surface area (Å²) in [5.74, 6) is -1.17. The average molecular weight is 318 g/mol. The van der Waals surface area contributed by atoms with Crippen molar-refractivity contribution in [2.45, 2.75) is 6.92 Å². The zero-order chi connectivity index (χ0) is 16.4. The van der Waals surface area contributed by atoms with Crippen LogP contribution < -0.4 is 4.90 Å². The highest BCUT2D eigenvalue weighted by Gasteiger charge is 2.25. The molecule has 0 saturated carbocycles. The maximum Gasteiger partial charge on any atom is 0.256 e. The molecular formula is C16H16F2N4O. The molecule has 0 atom stereocenters. The van der Waals surface area contributed by atoms with Crippen LogP contribution in [0.25, 0.3) is 0 Å². The van der Waals surface area contributed by atoms with Crippen LogP contribution in [0.5, 0.6) is 0 Å². The summed E-state index contributed by atoms with van der Waals surface area (Å²) < 4.78 is 26.7. The van der Waals surface area contributed by atoms with E-state index in [2.05, 4.69) is 9.97 Å². The number of nitrogens with zero attached hydrogens (tertiary/aromatic N) is 4. The van der Waals surface area contributed by atoms with Gasteiger partial charge in [-0.15, -0.1) is 0 Å². The second-order valence-corrected chi connectivity index (χ2v) is 5.42. The van der Waals surface area contributed by atoms with E-state index < -0.39 is 17.5 Å². The molecule has 5 nitrogen and oxygen atoms in total. The van der Waals surface area contributed by atoms with Gasteiger partial charge in [0.2, 0.25) is 0 Å². The number of benzene rings is 1. The van der Waals surface area contributed by atoms with Crippen LogP contribution in [0, 0.1) is 18.6 Å². The molecule has 1 saturated heterocycles. The fraction of sp³-hybridized carbons (Fsp3) is 0.312. The van der Waals surface area contributed by atoms with E-state index >= 15 is 0 Å². The number of hydrogen-bond donors (Lipinski definition) is 0. The van der Waals surface area contributed by atoms with Crippen LogP contribution in [-0.4, -0.2) is 47.0 Å². The van der Waals surface area contributed by atoms with Crippen LogP contribution in [-0.2, 0) is 0 Å². The highest BCUT2D eigenvalue weighted by molar-refractivity contribution is 5.94. The molecule has 0 N–H and O–H groups in total. The molecule has 2 aromatic rings. The fourth-order valence-electron chi connectivity index (χ4n) is 2.57. The van der Waals surface area contributed by atoms with Gasteiger partial charge in [0.1, 0.15) is 17.5 Å². The van der Waals surface area contributed by atoms with E-state index in [4.69, 9.17) is 0 Å². The molecule has 0 aliphatic carbocycles. The molecular weight excluding hydrogens is 302 g/mol. The molecule has 2 heterocycles. The summed E-state index contributed by atoms with van der Waals surface area (Å²) in [6.07, 6.45) is 3.37. The normalized spacial score (nSPS) is 14.9. The third kappa shape index (κ3) is 3.28. The van der Waals surface area contributed by atoms with E-state index in [9.17, 15) is 13.6 Å². The quantitative estimate of drug-likeness (QED) is 0.850. The lowest BCUT2D eigenvalue weighted by Gasteiger charge is -2.35. The van der Waals surface area contributed by atoms with Gasteiger partial charge in [-0.25, -0.2) is 13.8 Å². The van der Waals surface area contributed by atoms with Gasteiger partial charge in [0, 0.05) is 38.4 Å². The Morgan fingerprint density at radius 1 is 1.13 bits per heavy atom. The van der Waals surface area contributed by atoms with Crippen LogP contribution in [0.1, 0.15) is 16.1 Å². The smallest absolute Gasteiger partial charge is 0.256 e. The van der Waals surface area contributed by atoms with Gasteiger partial charge < -0.3 is 9.80 Å². The minimum Gasteiger partial charge on any atom is -0.352 e. The van der Waals surface area contributed by atoms with Crippen molar-refractivity contribution in [2.24, 2.45) is 0 Å². The van der Waals surface area contributed by atoms with Gasteiger partial charge in [-0.1, -0.05) is 0 Å². The summed E-state index contributed by atoms with van der Waals surface area (Å²) >= 11 is 0. The molecule has 7 heteroatoms. The minimum absolute atomic E-state index is 0.102. The van der Waals surface area contributed by atoms with Crippen LogP contribution in [0.2, 0.25) is 0 Å². The van der Waals surface area contributed by atoms with Gasteiger partial charge in [0.15, 0.2) is 0 Å². The highest BCUT2D eigenvalue weighted by atomic mass is 19.1. The summed E-state index contributed by atoms with van der Waals surface area (Å²) in [4.78, 5) is 24.5. The summed E-state index contributed by atoms with van der Waals surface area (Å²) in [5, 5.41) is 0. The summed E-state index contributed by atoms with van der Waals surface area (Å²) in [7, 11) is 0. The number of carbonyl (C=O) groups excluding carboxylic acids is 1. The van der Waals surface area contributed by atoms with E-state index in [1.165, 1.54) is 6.07 Å². The number of carbonyl (C=O) groups is 1. The molecule has 1 aromatic heterocycles. The third-order valence-electron chi connectivity index (χ3n) is 3.79. The van der Waals surface area contributed by atoms with E-state index in [-0.39, 0.29) is 5.56 Å². The topological polar surface area (TPSA) is 49.3 Å². The first-order valence-electron chi connectivity index (χ1n) is 7.32. The largest absolute Gasteiger partial charge is 0.352 e. The Kier molecular flexibility index (Phi) is 4.18. The Labute approximate surface area is 132 Å². The summed E-state index contributed by atoms with van der Waals surface area (Å²) in [6.45, 7) is 3.95. The number of halogens is 2. The number of hydrogen-bond acceptors (Lipinski definition) is 4. The Morgan fingerprint density at radius 3 is 2.52 bits per heavy atom. The van der Waals surface area contributed by atoms with Crippen molar-refractivity contribution < 1.29 is 13.6 Å². The number of aryl methyl sites for hydroxylation is 1. The van der Waals surface area contributed by atoms with Crippen molar-refractivity contribution in [1.82, 2.24) is 14.9 Å². The molecule has 1 aliphatic rings. The Balaban J connectivity index is 1.68. The molecule has 0 unspecified atom stereocenters. The van der Waals surface area contributed by atoms with Crippen molar-refractivity contribution in [3.05, 3.63) is 53.5 Å². The Morgan fingerprint density at radius 2 is 1.87 bits per heavy atom. The van der Waals surface area contributed by atoms with Gasteiger partial charge in [-0.2, -0.15) is 0 Å². The van der Waals surface area contributed by atoms with Crippen LogP contribution >= 0.6 is 0 Å². The molecule has 23 heavy (non-hydrogen) atoms. The zero-order valence-electron chi connectivity index (χ0n) is 12.7. The van der Waals surface area contributed by atoms with Crippen molar-refractivity contribution >= 4 is 11.7 Å². The summed E-state index contributed by atoms with van der Waals surface area (Å²) in [5.41, 5.74) is 0.726. The maximum atomic E-state index is 13.7. The lowest BCUT2D eigenvalue weighted by molar-refractivity contribution is 0.0741. The lowest BCUT2D eigenvalue weighted by Crippen LogP contribution is -2.49. The number of aromatic nitrogens is 2. The van der Waals surface area contributed by atoms with E-state index in [0.717, 1.165) is 23.6 Å². The number of piperazine rings is 1. The highest BCUT2D eigenvalue weighted by Crippen LogP contribution is 2.16. The molecule has 0 spiro atoms. The minimum atomic E-state index is -0.831. The fourth-order valence-corrected chi connectivity index (χ4v) is 2.57. The first-order valence-corrected chi connectivity index (χ1v) is 7.32. The van der Waals surface area contributed by atoms with E-state index in [0.29, 0.717) is 26.2 Å². The van der Waals surface area contributed by atoms with Crippen LogP contribution in [0.3, 0.4) is 0 Å². The first-order chi connectivity index (χ1) is 11.0. The zero-order valence-corrected chi connectivity index (χ0v) is 12.7. The molecule has 0 bridgehead atoms. The average Bonchev–Trinajstić information content (AvgIpc) is 2.54. The van der Waals surface area contributed by atoms with E-state index in [1.54, 1.807) is 17.3 Å². The van der Waals surface area contributed by atoms with Gasteiger partial charge in [0.25, 0.3) is 5.91 Å². The molecule has 1 aromatic carbocycles. The van der Waals surface area contributed by atoms with E-state index in [1.807, 2.05) is 11.8 Å². The van der Waals surface area contributed by atoms with Crippen molar-refractivity contribution in [3.63, 3.8) is 0 Å². The second-order valence-electron chi connectivity index (χ2n) is 5.42. The monoisotopic (exact) mass is 318 g/mol. The third-order valence-corrected chi connectivity index (χ3v) is 3.79. The van der Waals surface area contributed by atoms with Crippen LogP contribution in [0.15, 0.2) is 30.6 Å². The van der Waals surface area contributed by atoms with Gasteiger partial charge in [-0.3, -0.25) is 9.78 Å². The SMILES string of the molecule is Cc1cncc(N2CCN(C(=O)c3ccc(F)cc3F)CC2)n1. The van der Waals surface area contributed by atoms with Crippen LogP contribution in [0.4, 0.5) is 14.6 Å². The first kappa shape index (κ1) is 15.3. The molecule has 1 amide bonds. The predicted octanol–water partition coefficient (Wildman–Crippen LogP) is 2.03. The predicted molar refractivity (Wildman–Crippen MR) is 81.2 cm³/mol. The van der Waals surface area contributed by atoms with Crippen molar-refractivity contribution in [3.8, 4) is 0 Å².